The molecule has 9 nitrogen and oxygen atoms in total. The number of allylic oxidation sites excluding steroid dienone is 1. The van der Waals surface area contributed by atoms with Gasteiger partial charge in [-0.3, -0.25) is 14.4 Å². The van der Waals surface area contributed by atoms with E-state index in [4.69, 9.17) is 9.84 Å². The van der Waals surface area contributed by atoms with E-state index in [-0.39, 0.29) is 47.2 Å². The van der Waals surface area contributed by atoms with Crippen molar-refractivity contribution in [3.8, 4) is 16.9 Å². The highest BCUT2D eigenvalue weighted by Gasteiger charge is 2.49. The number of fused-ring (bicyclic) bond motifs is 2. The molecule has 0 heterocycles. The highest BCUT2D eigenvalue weighted by molar-refractivity contribution is 7.92. The second-order valence-electron chi connectivity index (χ2n) is 11.1. The number of carboxylic acid groups (broad SMARTS) is 1. The van der Waals surface area contributed by atoms with Gasteiger partial charge in [-0.1, -0.05) is 42.5 Å². The fraction of sp³-hybridized carbons (Fsp3) is 0.281. The van der Waals surface area contributed by atoms with Crippen LogP contribution in [-0.2, 0) is 25.8 Å². The molecule has 2 aliphatic rings. The molecular formula is C32H28F4N2O7S. The number of hydrogen-bond acceptors (Lipinski definition) is 6. The van der Waals surface area contributed by atoms with Crippen molar-refractivity contribution in [2.75, 3.05) is 12.4 Å². The smallest absolute Gasteiger partial charge is 0.496 e. The van der Waals surface area contributed by atoms with E-state index in [1.807, 2.05) is 12.2 Å². The highest BCUT2D eigenvalue weighted by atomic mass is 32.2. The summed E-state index contributed by atoms with van der Waals surface area (Å²) in [5.74, 6) is -4.43. The zero-order chi connectivity index (χ0) is 33.4. The largest absolute Gasteiger partial charge is 0.501 e. The molecule has 0 spiro atoms. The molecule has 0 aliphatic heterocycles. The zero-order valence-corrected chi connectivity index (χ0v) is 25.0. The van der Waals surface area contributed by atoms with Gasteiger partial charge < -0.3 is 20.5 Å². The van der Waals surface area contributed by atoms with Crippen LogP contribution in [0.4, 0.5) is 23.2 Å². The van der Waals surface area contributed by atoms with Crippen LogP contribution in [0.1, 0.15) is 28.8 Å². The number of halogens is 4. The Bertz CT molecular complexity index is 1840. The number of alkyl halides is 3. The number of methoxy groups -OCH3 is 1. The maximum atomic E-state index is 15.2. The Kier molecular flexibility index (Phi) is 8.94. The minimum atomic E-state index is -5.64. The van der Waals surface area contributed by atoms with Gasteiger partial charge in [-0.25, -0.2) is 12.8 Å². The fourth-order valence-electron chi connectivity index (χ4n) is 5.97. The summed E-state index contributed by atoms with van der Waals surface area (Å²) in [6.45, 7) is 0. The fourth-order valence-corrected chi connectivity index (χ4v) is 6.78. The van der Waals surface area contributed by atoms with Gasteiger partial charge in [0, 0.05) is 29.8 Å². The average Bonchev–Trinajstić information content (AvgIpc) is 3.61. The summed E-state index contributed by atoms with van der Waals surface area (Å²) in [7, 11) is -4.38. The van der Waals surface area contributed by atoms with Gasteiger partial charge in [0.2, 0.25) is 5.91 Å². The molecule has 3 aromatic carbocycles. The van der Waals surface area contributed by atoms with Crippen LogP contribution in [0.2, 0.25) is 0 Å². The Morgan fingerprint density at radius 3 is 2.41 bits per heavy atom. The summed E-state index contributed by atoms with van der Waals surface area (Å²) in [5, 5.41) is 14.3. The lowest BCUT2D eigenvalue weighted by Gasteiger charge is -2.28. The number of amides is 2. The van der Waals surface area contributed by atoms with E-state index in [0.29, 0.717) is 17.5 Å². The number of anilines is 1. The van der Waals surface area contributed by atoms with Crippen LogP contribution in [0.5, 0.6) is 5.75 Å². The minimum Gasteiger partial charge on any atom is -0.496 e. The van der Waals surface area contributed by atoms with Crippen molar-refractivity contribution in [3.05, 3.63) is 89.8 Å². The van der Waals surface area contributed by atoms with Gasteiger partial charge in [0.25, 0.3) is 15.7 Å². The van der Waals surface area contributed by atoms with Crippen LogP contribution < -0.4 is 15.4 Å². The van der Waals surface area contributed by atoms with Crippen LogP contribution >= 0.6 is 0 Å². The number of nitrogens with one attached hydrogen (secondary N) is 2. The summed E-state index contributed by atoms with van der Waals surface area (Å²) >= 11 is 0. The number of carbonyl (C=O) groups is 3. The summed E-state index contributed by atoms with van der Waals surface area (Å²) in [6.07, 6.45) is 4.29. The zero-order valence-electron chi connectivity index (χ0n) is 24.2. The molecule has 0 saturated heterocycles. The van der Waals surface area contributed by atoms with Crippen molar-refractivity contribution in [1.29, 1.82) is 0 Å². The first kappa shape index (κ1) is 32.7. The van der Waals surface area contributed by atoms with E-state index in [1.54, 1.807) is 24.3 Å². The number of hydrogen-bond donors (Lipinski definition) is 3. The van der Waals surface area contributed by atoms with Gasteiger partial charge in [-0.15, -0.1) is 0 Å². The number of rotatable bonds is 10. The van der Waals surface area contributed by atoms with Crippen LogP contribution in [0.25, 0.3) is 11.1 Å². The van der Waals surface area contributed by atoms with Gasteiger partial charge in [0.05, 0.1) is 23.5 Å². The van der Waals surface area contributed by atoms with Gasteiger partial charge in [-0.2, -0.15) is 13.2 Å². The van der Waals surface area contributed by atoms with Crippen molar-refractivity contribution in [2.24, 2.45) is 17.8 Å². The van der Waals surface area contributed by atoms with E-state index in [0.717, 1.165) is 24.3 Å². The summed E-state index contributed by atoms with van der Waals surface area (Å²) < 4.78 is 83.5. The third kappa shape index (κ3) is 6.48. The molecule has 0 aromatic heterocycles. The normalized spacial score (nSPS) is 20.4. The lowest BCUT2D eigenvalue weighted by atomic mass is 9.87. The number of carbonyl (C=O) groups excluding carboxylic acids is 2. The second-order valence-corrected chi connectivity index (χ2v) is 13.0. The average molecular weight is 661 g/mol. The van der Waals surface area contributed by atoms with Gasteiger partial charge in [0.15, 0.2) is 0 Å². The molecule has 2 amide bonds. The Balaban J connectivity index is 1.39. The minimum absolute atomic E-state index is 0.0224. The van der Waals surface area contributed by atoms with Crippen molar-refractivity contribution in [1.82, 2.24) is 5.32 Å². The molecule has 1 fully saturated rings. The number of sulfone groups is 1. The standard InChI is InChI=1S/C32H28F4N2O7S/c1-45-26-16-25(33)23(18-5-2-4-17(12-18)8-11-27(39)40)15-24(26)30(41)38-29-20-10-9-19(13-20)28(29)31(42)37-21-6-3-7-22(14-21)46(43,44)32(34,35)36/h2-7,9-10,12,14-16,19-20,28-29H,8,11,13H2,1H3,(H,37,42)(H,38,41)(H,39,40)/t19-,20+,28+,29-/m1/s1. The number of ether oxygens (including phenoxy) is 1. The molecule has 5 rings (SSSR count). The summed E-state index contributed by atoms with van der Waals surface area (Å²) in [4.78, 5) is 37.1. The van der Waals surface area contributed by atoms with Crippen molar-refractivity contribution < 1.29 is 50.2 Å². The molecule has 14 heteroatoms. The van der Waals surface area contributed by atoms with E-state index in [9.17, 15) is 36.0 Å². The Morgan fingerprint density at radius 1 is 1.00 bits per heavy atom. The van der Waals surface area contributed by atoms with Crippen molar-refractivity contribution >= 4 is 33.3 Å². The predicted molar refractivity (Wildman–Crippen MR) is 158 cm³/mol. The predicted octanol–water partition coefficient (Wildman–Crippen LogP) is 5.37. The molecule has 0 radical (unpaired) electrons. The Labute approximate surface area is 261 Å². The van der Waals surface area contributed by atoms with Crippen LogP contribution in [0.15, 0.2) is 77.7 Å². The summed E-state index contributed by atoms with van der Waals surface area (Å²) in [5.41, 5.74) is -4.57. The molecule has 3 N–H and O–H groups in total. The van der Waals surface area contributed by atoms with E-state index in [2.05, 4.69) is 10.6 Å². The highest BCUT2D eigenvalue weighted by Crippen LogP contribution is 2.45. The van der Waals surface area contributed by atoms with Crippen molar-refractivity contribution in [2.45, 2.75) is 35.7 Å². The maximum absolute atomic E-state index is 15.2. The number of carboxylic acids is 1. The lowest BCUT2D eigenvalue weighted by molar-refractivity contribution is -0.137. The molecule has 46 heavy (non-hydrogen) atoms. The van der Waals surface area contributed by atoms with Gasteiger partial charge in [0.1, 0.15) is 11.6 Å². The Hall–Kier alpha value is -4.72. The van der Waals surface area contributed by atoms with Crippen LogP contribution in [0.3, 0.4) is 0 Å². The third-order valence-electron chi connectivity index (χ3n) is 8.18. The Morgan fingerprint density at radius 2 is 1.72 bits per heavy atom. The topological polar surface area (TPSA) is 139 Å². The SMILES string of the molecule is COc1cc(F)c(-c2cccc(CCC(=O)O)c2)cc1C(=O)N[C@H]1[C@@H](C(=O)Nc2cccc(S(=O)(=O)C(F)(F)F)c2)[C@@H]2C=C[C@H]1C2. The first-order chi connectivity index (χ1) is 21.7. The van der Waals surface area contributed by atoms with Gasteiger partial charge in [-0.05, 0) is 60.1 Å². The maximum Gasteiger partial charge on any atom is 0.501 e. The molecule has 0 unspecified atom stereocenters. The van der Waals surface area contributed by atoms with E-state index in [1.165, 1.54) is 19.2 Å². The molecule has 3 aromatic rings. The van der Waals surface area contributed by atoms with E-state index < -0.39 is 55.8 Å². The van der Waals surface area contributed by atoms with Crippen LogP contribution in [-0.4, -0.2) is 50.0 Å². The molecule has 1 saturated carbocycles. The summed E-state index contributed by atoms with van der Waals surface area (Å²) in [6, 6.07) is 12.1. The monoisotopic (exact) mass is 660 g/mol. The third-order valence-corrected chi connectivity index (χ3v) is 9.66. The van der Waals surface area contributed by atoms with E-state index >= 15 is 4.39 Å². The van der Waals surface area contributed by atoms with Crippen LogP contribution in [0, 0.1) is 23.6 Å². The molecule has 2 aliphatic carbocycles. The molecule has 242 valence electrons. The second kappa shape index (κ2) is 12.6. The number of aryl methyl sites for hydroxylation is 1. The first-order valence-electron chi connectivity index (χ1n) is 14.1. The lowest BCUT2D eigenvalue weighted by Crippen LogP contribution is -2.47. The quantitative estimate of drug-likeness (QED) is 0.196. The number of aliphatic carboxylic acids is 1. The van der Waals surface area contributed by atoms with Gasteiger partial charge >= 0.3 is 11.5 Å². The molecule has 4 atom stereocenters. The van der Waals surface area contributed by atoms with Crippen molar-refractivity contribution in [3.63, 3.8) is 0 Å². The number of benzene rings is 3. The molecule has 2 bridgehead atoms. The molecular weight excluding hydrogens is 632 g/mol. The first-order valence-corrected chi connectivity index (χ1v) is 15.6.